The fourth-order valence-electron chi connectivity index (χ4n) is 3.87. The van der Waals surface area contributed by atoms with E-state index in [0.29, 0.717) is 23.4 Å². The number of methoxy groups -OCH3 is 1. The molecular weight excluding hydrogens is 502 g/mol. The van der Waals surface area contributed by atoms with Crippen molar-refractivity contribution in [2.45, 2.75) is 35.2 Å². The Bertz CT molecular complexity index is 1110. The Morgan fingerprint density at radius 3 is 2.36 bits per heavy atom. The zero-order chi connectivity index (χ0) is 23.4. The standard InChI is InChI=1S/C23H26ClNO5S3/c1-29-20-14-17(23-31-12-13-32-23)7-9-19(20)30-22(26)16-6-8-18(24)21(15-16)33(27,28)25-10-4-2-3-5-11-25/h6-9,14-15,23H,2-5,10-13H2,1H3. The highest BCUT2D eigenvalue weighted by Gasteiger charge is 2.29. The first-order valence-electron chi connectivity index (χ1n) is 10.8. The second kappa shape index (κ2) is 10.9. The van der Waals surface area contributed by atoms with Gasteiger partial charge in [0.25, 0.3) is 0 Å². The van der Waals surface area contributed by atoms with E-state index < -0.39 is 16.0 Å². The van der Waals surface area contributed by atoms with Gasteiger partial charge >= 0.3 is 5.97 Å². The molecule has 6 nitrogen and oxygen atoms in total. The normalized spacial score (nSPS) is 18.1. The van der Waals surface area contributed by atoms with Gasteiger partial charge in [-0.3, -0.25) is 0 Å². The highest BCUT2D eigenvalue weighted by Crippen LogP contribution is 2.47. The van der Waals surface area contributed by atoms with E-state index >= 15 is 0 Å². The lowest BCUT2D eigenvalue weighted by molar-refractivity contribution is 0.0729. The molecule has 33 heavy (non-hydrogen) atoms. The van der Waals surface area contributed by atoms with Crippen LogP contribution < -0.4 is 9.47 Å². The van der Waals surface area contributed by atoms with Crippen LogP contribution in [0.25, 0.3) is 0 Å². The van der Waals surface area contributed by atoms with E-state index in [0.717, 1.165) is 42.8 Å². The number of carbonyl (C=O) groups excluding carboxylic acids is 1. The second-order valence-electron chi connectivity index (χ2n) is 7.84. The third kappa shape index (κ3) is 5.65. The molecule has 0 amide bonds. The van der Waals surface area contributed by atoms with Gasteiger partial charge < -0.3 is 9.47 Å². The second-order valence-corrected chi connectivity index (χ2v) is 12.9. The smallest absolute Gasteiger partial charge is 0.343 e. The van der Waals surface area contributed by atoms with Gasteiger partial charge in [0, 0.05) is 24.6 Å². The van der Waals surface area contributed by atoms with Gasteiger partial charge in [-0.2, -0.15) is 4.31 Å². The largest absolute Gasteiger partial charge is 0.493 e. The van der Waals surface area contributed by atoms with Crippen LogP contribution in [0.5, 0.6) is 11.5 Å². The van der Waals surface area contributed by atoms with E-state index in [4.69, 9.17) is 21.1 Å². The summed E-state index contributed by atoms with van der Waals surface area (Å²) in [6.07, 6.45) is 3.63. The van der Waals surface area contributed by atoms with E-state index in [1.165, 1.54) is 29.6 Å². The lowest BCUT2D eigenvalue weighted by atomic mass is 10.2. The van der Waals surface area contributed by atoms with Crippen LogP contribution in [0.15, 0.2) is 41.3 Å². The van der Waals surface area contributed by atoms with E-state index in [9.17, 15) is 13.2 Å². The Kier molecular flexibility index (Phi) is 8.17. The van der Waals surface area contributed by atoms with Gasteiger partial charge in [-0.05, 0) is 48.7 Å². The van der Waals surface area contributed by atoms with Gasteiger partial charge in [0.15, 0.2) is 11.5 Å². The molecule has 10 heteroatoms. The summed E-state index contributed by atoms with van der Waals surface area (Å²) >= 11 is 10.0. The maximum atomic E-state index is 13.2. The number of rotatable bonds is 6. The van der Waals surface area contributed by atoms with E-state index in [1.807, 2.05) is 35.7 Å². The molecule has 0 bridgehead atoms. The van der Waals surface area contributed by atoms with Crippen LogP contribution >= 0.6 is 35.1 Å². The molecule has 2 aliphatic heterocycles. The molecule has 2 aliphatic rings. The van der Waals surface area contributed by atoms with Gasteiger partial charge in [0.1, 0.15) is 4.90 Å². The third-order valence-corrected chi connectivity index (χ3v) is 11.1. The number of ether oxygens (including phenoxy) is 2. The lowest BCUT2D eigenvalue weighted by Gasteiger charge is -2.21. The Labute approximate surface area is 208 Å². The number of hydrogen-bond donors (Lipinski definition) is 0. The number of thioether (sulfide) groups is 2. The Morgan fingerprint density at radius 2 is 1.70 bits per heavy atom. The van der Waals surface area contributed by atoms with Crippen LogP contribution in [0.3, 0.4) is 0 Å². The maximum Gasteiger partial charge on any atom is 0.343 e. The number of carbonyl (C=O) groups is 1. The molecule has 178 valence electrons. The molecule has 2 aromatic carbocycles. The molecule has 0 aliphatic carbocycles. The topological polar surface area (TPSA) is 72.9 Å². The van der Waals surface area contributed by atoms with Crippen molar-refractivity contribution in [1.82, 2.24) is 4.31 Å². The van der Waals surface area contributed by atoms with Crippen LogP contribution in [0, 0.1) is 0 Å². The maximum absolute atomic E-state index is 13.2. The van der Waals surface area contributed by atoms with Crippen molar-refractivity contribution in [1.29, 1.82) is 0 Å². The molecule has 0 unspecified atom stereocenters. The van der Waals surface area contributed by atoms with Gasteiger partial charge in [-0.25, -0.2) is 13.2 Å². The predicted octanol–water partition coefficient (Wildman–Crippen LogP) is 5.61. The van der Waals surface area contributed by atoms with Gasteiger partial charge in [-0.1, -0.05) is 30.5 Å². The minimum atomic E-state index is -3.81. The van der Waals surface area contributed by atoms with Gasteiger partial charge in [0.05, 0.1) is 22.3 Å². The lowest BCUT2D eigenvalue weighted by Crippen LogP contribution is -2.32. The van der Waals surface area contributed by atoms with Gasteiger partial charge in [0.2, 0.25) is 10.0 Å². The number of hydrogen-bond acceptors (Lipinski definition) is 7. The summed E-state index contributed by atoms with van der Waals surface area (Å²) in [6.45, 7) is 0.906. The van der Waals surface area contributed by atoms with Crippen LogP contribution in [0.4, 0.5) is 0 Å². The molecule has 0 aromatic heterocycles. The molecule has 0 radical (unpaired) electrons. The first kappa shape index (κ1) is 24.7. The summed E-state index contributed by atoms with van der Waals surface area (Å²) in [5.74, 6) is 2.28. The molecule has 2 heterocycles. The minimum absolute atomic E-state index is 0.0712. The Morgan fingerprint density at radius 1 is 1.00 bits per heavy atom. The van der Waals surface area contributed by atoms with Crippen molar-refractivity contribution in [2.24, 2.45) is 0 Å². The monoisotopic (exact) mass is 527 g/mol. The van der Waals surface area contributed by atoms with Crippen molar-refractivity contribution in [2.75, 3.05) is 31.7 Å². The van der Waals surface area contributed by atoms with E-state index in [1.54, 1.807) is 6.07 Å². The molecule has 0 spiro atoms. The average molecular weight is 528 g/mol. The molecule has 0 saturated carbocycles. The molecular formula is C23H26ClNO5S3. The zero-order valence-electron chi connectivity index (χ0n) is 18.3. The zero-order valence-corrected chi connectivity index (χ0v) is 21.5. The molecule has 2 fully saturated rings. The van der Waals surface area contributed by atoms with Crippen molar-refractivity contribution in [3.63, 3.8) is 0 Å². The molecule has 0 atom stereocenters. The number of nitrogens with zero attached hydrogens (tertiary/aromatic N) is 1. The average Bonchev–Trinajstić information content (AvgIpc) is 3.21. The fourth-order valence-corrected chi connectivity index (χ4v) is 8.73. The summed E-state index contributed by atoms with van der Waals surface area (Å²) in [4.78, 5) is 12.8. The van der Waals surface area contributed by atoms with Crippen LogP contribution in [0.1, 0.15) is 46.2 Å². The van der Waals surface area contributed by atoms with Crippen LogP contribution in [-0.2, 0) is 10.0 Å². The van der Waals surface area contributed by atoms with E-state index in [-0.39, 0.29) is 21.2 Å². The van der Waals surface area contributed by atoms with Crippen molar-refractivity contribution < 1.29 is 22.7 Å². The fraction of sp³-hybridized carbons (Fsp3) is 0.435. The molecule has 2 saturated heterocycles. The highest BCUT2D eigenvalue weighted by molar-refractivity contribution is 8.19. The first-order valence-corrected chi connectivity index (χ1v) is 14.7. The predicted molar refractivity (Wildman–Crippen MR) is 134 cm³/mol. The summed E-state index contributed by atoms with van der Waals surface area (Å²) in [5, 5.41) is 0.0873. The van der Waals surface area contributed by atoms with Crippen molar-refractivity contribution in [3.05, 3.63) is 52.5 Å². The van der Waals surface area contributed by atoms with Gasteiger partial charge in [-0.15, -0.1) is 23.5 Å². The summed E-state index contributed by atoms with van der Waals surface area (Å²) < 4.78 is 39.3. The minimum Gasteiger partial charge on any atom is -0.493 e. The summed E-state index contributed by atoms with van der Waals surface area (Å²) in [7, 11) is -2.28. The highest BCUT2D eigenvalue weighted by atomic mass is 35.5. The number of benzene rings is 2. The molecule has 2 aromatic rings. The van der Waals surface area contributed by atoms with Crippen LogP contribution in [-0.4, -0.2) is 50.4 Å². The third-order valence-electron chi connectivity index (χ3n) is 5.63. The first-order chi connectivity index (χ1) is 15.9. The molecule has 4 rings (SSSR count). The SMILES string of the molecule is COc1cc(C2SCCS2)ccc1OC(=O)c1ccc(Cl)c(S(=O)(=O)N2CCCCCC2)c1. The number of halogens is 1. The quantitative estimate of drug-likeness (QED) is 0.357. The van der Waals surface area contributed by atoms with Crippen molar-refractivity contribution >= 4 is 51.1 Å². The summed E-state index contributed by atoms with van der Waals surface area (Å²) in [5.41, 5.74) is 1.22. The Hall–Kier alpha value is -1.39. The Balaban J connectivity index is 1.57. The van der Waals surface area contributed by atoms with Crippen molar-refractivity contribution in [3.8, 4) is 11.5 Å². The molecule has 0 N–H and O–H groups in total. The van der Waals surface area contributed by atoms with Crippen LogP contribution in [0.2, 0.25) is 5.02 Å². The number of sulfonamides is 1. The number of esters is 1. The summed E-state index contributed by atoms with van der Waals surface area (Å²) in [6, 6.07) is 9.73. The van der Waals surface area contributed by atoms with E-state index in [2.05, 4.69) is 0 Å².